The molecule has 2 fully saturated rings. The van der Waals surface area contributed by atoms with Crippen molar-refractivity contribution < 1.29 is 4.48 Å². The fourth-order valence-corrected chi connectivity index (χ4v) is 3.40. The maximum Gasteiger partial charge on any atom is 0.0916 e. The van der Waals surface area contributed by atoms with E-state index < -0.39 is 0 Å². The number of rotatable bonds is 3. The van der Waals surface area contributed by atoms with E-state index in [4.69, 9.17) is 0 Å². The van der Waals surface area contributed by atoms with Crippen molar-refractivity contribution in [3.05, 3.63) is 0 Å². The van der Waals surface area contributed by atoms with Crippen LogP contribution in [0.4, 0.5) is 0 Å². The molecule has 0 aromatic heterocycles. The molecule has 0 aromatic carbocycles. The molecule has 0 radical (unpaired) electrons. The Morgan fingerprint density at radius 3 is 2.00 bits per heavy atom. The van der Waals surface area contributed by atoms with Gasteiger partial charge < -0.3 is 4.48 Å². The zero-order chi connectivity index (χ0) is 10.7. The number of hydrogen-bond acceptors (Lipinski definition) is 1. The van der Waals surface area contributed by atoms with Gasteiger partial charge in [0.15, 0.2) is 0 Å². The first kappa shape index (κ1) is 11.4. The number of hydrogen-bond donors (Lipinski definition) is 0. The molecule has 0 bridgehead atoms. The van der Waals surface area contributed by atoms with Crippen molar-refractivity contribution in [3.63, 3.8) is 0 Å². The third kappa shape index (κ3) is 2.36. The highest BCUT2D eigenvalue weighted by Gasteiger charge is 2.33. The van der Waals surface area contributed by atoms with Gasteiger partial charge in [-0.05, 0) is 26.7 Å². The van der Waals surface area contributed by atoms with Crippen LogP contribution in [0, 0.1) is 0 Å². The second-order valence-electron chi connectivity index (χ2n) is 5.40. The van der Waals surface area contributed by atoms with Crippen LogP contribution in [0.1, 0.15) is 39.5 Å². The number of likely N-dealkylation sites (N-methyl/N-ethyl adjacent to an activating group) is 1. The summed E-state index contributed by atoms with van der Waals surface area (Å²) >= 11 is 0. The predicted octanol–water partition coefficient (Wildman–Crippen LogP) is 2.10. The van der Waals surface area contributed by atoms with E-state index in [-0.39, 0.29) is 0 Å². The van der Waals surface area contributed by atoms with Gasteiger partial charge in [-0.2, -0.15) is 0 Å². The van der Waals surface area contributed by atoms with E-state index in [1.54, 1.807) is 0 Å². The second-order valence-corrected chi connectivity index (χ2v) is 5.40. The van der Waals surface area contributed by atoms with Gasteiger partial charge in [-0.3, -0.25) is 4.90 Å². The van der Waals surface area contributed by atoms with Crippen molar-refractivity contribution in [1.29, 1.82) is 0 Å². The standard InChI is InChI=1S/C13H27N2/c1-3-15(4-2)11-9-14(10-12-15)13-7-5-6-8-13/h13H,3-12H2,1-2H3/q+1. The van der Waals surface area contributed by atoms with Crippen molar-refractivity contribution in [2.45, 2.75) is 45.6 Å². The summed E-state index contributed by atoms with van der Waals surface area (Å²) in [5.74, 6) is 0. The molecule has 0 aromatic rings. The first-order valence-electron chi connectivity index (χ1n) is 6.89. The summed E-state index contributed by atoms with van der Waals surface area (Å²) in [6, 6.07) is 0.945. The molecule has 2 aliphatic rings. The molecular weight excluding hydrogens is 184 g/mol. The molecule has 0 spiro atoms. The molecule has 15 heavy (non-hydrogen) atoms. The molecule has 2 rings (SSSR count). The first-order chi connectivity index (χ1) is 7.29. The molecule has 1 saturated carbocycles. The number of piperazine rings is 1. The van der Waals surface area contributed by atoms with E-state index in [1.165, 1.54) is 69.4 Å². The van der Waals surface area contributed by atoms with Gasteiger partial charge in [0.25, 0.3) is 0 Å². The molecule has 0 N–H and O–H groups in total. The maximum atomic E-state index is 2.77. The van der Waals surface area contributed by atoms with Crippen LogP contribution in [0.2, 0.25) is 0 Å². The smallest absolute Gasteiger partial charge is 0.0916 e. The van der Waals surface area contributed by atoms with Crippen molar-refractivity contribution in [2.24, 2.45) is 0 Å². The van der Waals surface area contributed by atoms with Gasteiger partial charge >= 0.3 is 0 Å². The number of nitrogens with zero attached hydrogens (tertiary/aromatic N) is 2. The minimum Gasteiger partial charge on any atom is -0.322 e. The summed E-state index contributed by atoms with van der Waals surface area (Å²) in [5.41, 5.74) is 0. The molecule has 88 valence electrons. The molecule has 0 amide bonds. The minimum atomic E-state index is 0.945. The molecule has 1 aliphatic heterocycles. The lowest BCUT2D eigenvalue weighted by Crippen LogP contribution is -2.60. The van der Waals surface area contributed by atoms with Gasteiger partial charge in [0.1, 0.15) is 0 Å². The van der Waals surface area contributed by atoms with Gasteiger partial charge in [-0.1, -0.05) is 12.8 Å². The van der Waals surface area contributed by atoms with Crippen LogP contribution < -0.4 is 0 Å². The van der Waals surface area contributed by atoms with Crippen LogP contribution in [0.25, 0.3) is 0 Å². The van der Waals surface area contributed by atoms with Crippen molar-refractivity contribution in [1.82, 2.24) is 4.90 Å². The molecule has 1 aliphatic carbocycles. The fraction of sp³-hybridized carbons (Fsp3) is 1.00. The molecule has 1 saturated heterocycles. The van der Waals surface area contributed by atoms with Crippen LogP contribution in [0.5, 0.6) is 0 Å². The summed E-state index contributed by atoms with van der Waals surface area (Å²) in [6.07, 6.45) is 5.89. The lowest BCUT2D eigenvalue weighted by atomic mass is 10.1. The van der Waals surface area contributed by atoms with Crippen molar-refractivity contribution in [3.8, 4) is 0 Å². The largest absolute Gasteiger partial charge is 0.322 e. The number of quaternary nitrogens is 1. The Labute approximate surface area is 94.8 Å². The maximum absolute atomic E-state index is 2.77. The molecule has 2 heteroatoms. The Morgan fingerprint density at radius 1 is 1.00 bits per heavy atom. The Hall–Kier alpha value is -0.0800. The topological polar surface area (TPSA) is 3.24 Å². The van der Waals surface area contributed by atoms with Crippen LogP contribution in [-0.4, -0.2) is 54.7 Å². The van der Waals surface area contributed by atoms with Gasteiger partial charge in [-0.25, -0.2) is 0 Å². The summed E-state index contributed by atoms with van der Waals surface area (Å²) in [5, 5.41) is 0. The van der Waals surface area contributed by atoms with Gasteiger partial charge in [0.2, 0.25) is 0 Å². The molecular formula is C13H27N2+. The van der Waals surface area contributed by atoms with Gasteiger partial charge in [0.05, 0.1) is 26.2 Å². The SMILES string of the molecule is CC[N+]1(CC)CCN(C2CCCC2)CC1. The Morgan fingerprint density at radius 2 is 1.53 bits per heavy atom. The summed E-state index contributed by atoms with van der Waals surface area (Å²) in [6.45, 7) is 12.9. The lowest BCUT2D eigenvalue weighted by Gasteiger charge is -2.45. The molecule has 0 unspecified atom stereocenters. The summed E-state index contributed by atoms with van der Waals surface area (Å²) in [7, 11) is 0. The average Bonchev–Trinajstić information content (AvgIpc) is 2.83. The predicted molar refractivity (Wildman–Crippen MR) is 64.9 cm³/mol. The fourth-order valence-electron chi connectivity index (χ4n) is 3.40. The zero-order valence-electron chi connectivity index (χ0n) is 10.5. The molecule has 2 nitrogen and oxygen atoms in total. The Kier molecular flexibility index (Phi) is 3.68. The van der Waals surface area contributed by atoms with Crippen molar-refractivity contribution in [2.75, 3.05) is 39.3 Å². The summed E-state index contributed by atoms with van der Waals surface area (Å²) < 4.78 is 1.36. The van der Waals surface area contributed by atoms with E-state index in [0.717, 1.165) is 6.04 Å². The van der Waals surface area contributed by atoms with Crippen LogP contribution in [0.15, 0.2) is 0 Å². The lowest BCUT2D eigenvalue weighted by molar-refractivity contribution is -0.929. The molecule has 1 heterocycles. The van der Waals surface area contributed by atoms with E-state index >= 15 is 0 Å². The average molecular weight is 211 g/mol. The Bertz CT molecular complexity index is 183. The van der Waals surface area contributed by atoms with E-state index in [9.17, 15) is 0 Å². The molecule has 0 atom stereocenters. The Balaban J connectivity index is 1.85. The quantitative estimate of drug-likeness (QED) is 0.646. The second kappa shape index (κ2) is 4.84. The first-order valence-corrected chi connectivity index (χ1v) is 6.89. The van der Waals surface area contributed by atoms with Crippen LogP contribution in [-0.2, 0) is 0 Å². The van der Waals surface area contributed by atoms with Crippen LogP contribution >= 0.6 is 0 Å². The highest BCUT2D eigenvalue weighted by molar-refractivity contribution is 4.79. The normalized spacial score (nSPS) is 28.4. The van der Waals surface area contributed by atoms with E-state index in [2.05, 4.69) is 18.7 Å². The highest BCUT2D eigenvalue weighted by Crippen LogP contribution is 2.25. The van der Waals surface area contributed by atoms with Gasteiger partial charge in [-0.15, -0.1) is 0 Å². The third-order valence-electron chi connectivity index (χ3n) is 4.91. The third-order valence-corrected chi connectivity index (χ3v) is 4.91. The van der Waals surface area contributed by atoms with E-state index in [1.807, 2.05) is 0 Å². The van der Waals surface area contributed by atoms with E-state index in [0.29, 0.717) is 0 Å². The highest BCUT2D eigenvalue weighted by atomic mass is 15.4. The van der Waals surface area contributed by atoms with Crippen LogP contribution in [0.3, 0.4) is 0 Å². The summed E-state index contributed by atoms with van der Waals surface area (Å²) in [4.78, 5) is 2.77. The zero-order valence-corrected chi connectivity index (χ0v) is 10.5. The monoisotopic (exact) mass is 211 g/mol. The van der Waals surface area contributed by atoms with Crippen molar-refractivity contribution >= 4 is 0 Å². The van der Waals surface area contributed by atoms with Gasteiger partial charge in [0, 0.05) is 19.1 Å². The minimum absolute atomic E-state index is 0.945.